The largest absolute Gasteiger partial charge is 0.326 e. The maximum absolute atomic E-state index is 12.6. The third-order valence-electron chi connectivity index (χ3n) is 4.45. The van der Waals surface area contributed by atoms with Crippen LogP contribution in [-0.4, -0.2) is 23.9 Å². The van der Waals surface area contributed by atoms with Crippen LogP contribution >= 0.6 is 46.4 Å². The molecular weight excluding hydrogens is 414 g/mol. The molecule has 0 bridgehead atoms. The van der Waals surface area contributed by atoms with Crippen molar-refractivity contribution in [2.24, 2.45) is 5.92 Å². The Labute approximate surface area is 173 Å². The molecule has 1 aliphatic rings. The average Bonchev–Trinajstić information content (AvgIpc) is 2.61. The molecule has 0 spiro atoms. The number of rotatable bonds is 4. The van der Waals surface area contributed by atoms with Gasteiger partial charge in [-0.25, -0.2) is 0 Å². The molecule has 0 aromatic heterocycles. The fourth-order valence-corrected chi connectivity index (χ4v) is 3.75. The minimum atomic E-state index is -0.0685. The van der Waals surface area contributed by atoms with Crippen LogP contribution in [0.5, 0.6) is 0 Å². The Bertz CT molecular complexity index is 812. The van der Waals surface area contributed by atoms with E-state index in [1.165, 1.54) is 0 Å². The van der Waals surface area contributed by atoms with Crippen molar-refractivity contribution in [2.75, 3.05) is 18.4 Å². The van der Waals surface area contributed by atoms with Crippen LogP contribution in [0.1, 0.15) is 18.4 Å². The van der Waals surface area contributed by atoms with Gasteiger partial charge in [-0.1, -0.05) is 52.5 Å². The van der Waals surface area contributed by atoms with Gasteiger partial charge < -0.3 is 5.32 Å². The summed E-state index contributed by atoms with van der Waals surface area (Å²) >= 11 is 24.0. The summed E-state index contributed by atoms with van der Waals surface area (Å²) in [5.41, 5.74) is 1.75. The van der Waals surface area contributed by atoms with E-state index in [-0.39, 0.29) is 11.8 Å². The smallest absolute Gasteiger partial charge is 0.228 e. The van der Waals surface area contributed by atoms with Crippen LogP contribution in [0.3, 0.4) is 0 Å². The number of halogens is 4. The zero-order valence-corrected chi connectivity index (χ0v) is 17.0. The van der Waals surface area contributed by atoms with E-state index in [0.717, 1.165) is 31.5 Å². The Kier molecular flexibility index (Phi) is 6.70. The molecule has 1 amide bonds. The van der Waals surface area contributed by atoms with E-state index in [1.54, 1.807) is 24.3 Å². The number of hydrogen-bond acceptors (Lipinski definition) is 2. The molecule has 2 aromatic carbocycles. The number of likely N-dealkylation sites (tertiary alicyclic amines) is 1. The quantitative estimate of drug-likeness (QED) is 0.629. The van der Waals surface area contributed by atoms with Crippen molar-refractivity contribution in [1.29, 1.82) is 0 Å². The average molecular weight is 432 g/mol. The molecule has 1 saturated heterocycles. The van der Waals surface area contributed by atoms with Crippen LogP contribution in [0.25, 0.3) is 0 Å². The molecule has 1 heterocycles. The van der Waals surface area contributed by atoms with Gasteiger partial charge in [-0.3, -0.25) is 9.69 Å². The third kappa shape index (κ3) is 5.05. The molecule has 3 rings (SSSR count). The Morgan fingerprint density at radius 1 is 1.00 bits per heavy atom. The molecule has 3 nitrogen and oxygen atoms in total. The number of carbonyl (C=O) groups excluding carboxylic acids is 1. The molecule has 7 heteroatoms. The van der Waals surface area contributed by atoms with Crippen molar-refractivity contribution in [3.8, 4) is 0 Å². The second kappa shape index (κ2) is 8.81. The molecule has 26 heavy (non-hydrogen) atoms. The van der Waals surface area contributed by atoms with Crippen molar-refractivity contribution < 1.29 is 4.79 Å². The highest BCUT2D eigenvalue weighted by molar-refractivity contribution is 6.42. The fourth-order valence-electron chi connectivity index (χ4n) is 3.13. The highest BCUT2D eigenvalue weighted by atomic mass is 35.5. The molecule has 1 unspecified atom stereocenters. The van der Waals surface area contributed by atoms with Gasteiger partial charge in [0.15, 0.2) is 0 Å². The molecule has 1 atom stereocenters. The van der Waals surface area contributed by atoms with Gasteiger partial charge in [-0.15, -0.1) is 0 Å². The van der Waals surface area contributed by atoms with Crippen molar-refractivity contribution in [3.63, 3.8) is 0 Å². The molecule has 1 fully saturated rings. The number of amides is 1. The first kappa shape index (κ1) is 19.8. The normalized spacial score (nSPS) is 17.9. The van der Waals surface area contributed by atoms with Gasteiger partial charge in [0.05, 0.1) is 26.0 Å². The van der Waals surface area contributed by atoms with E-state index in [4.69, 9.17) is 46.4 Å². The SMILES string of the molecule is O=C(Nc1ccc(Cl)c(Cl)c1)C1CCCN(Cc2ccc(Cl)c(Cl)c2)C1. The topological polar surface area (TPSA) is 32.3 Å². The van der Waals surface area contributed by atoms with Gasteiger partial charge in [-0.05, 0) is 55.3 Å². The first-order valence-corrected chi connectivity index (χ1v) is 9.86. The first-order valence-electron chi connectivity index (χ1n) is 8.34. The predicted octanol–water partition coefficient (Wildman–Crippen LogP) is 6.15. The molecule has 0 radical (unpaired) electrons. The molecule has 0 saturated carbocycles. The maximum atomic E-state index is 12.6. The summed E-state index contributed by atoms with van der Waals surface area (Å²) < 4.78 is 0. The van der Waals surface area contributed by atoms with Gasteiger partial charge in [0.25, 0.3) is 0 Å². The van der Waals surface area contributed by atoms with Gasteiger partial charge in [0.1, 0.15) is 0 Å². The molecule has 138 valence electrons. The van der Waals surface area contributed by atoms with Crippen molar-refractivity contribution in [2.45, 2.75) is 19.4 Å². The van der Waals surface area contributed by atoms with Crippen LogP contribution in [0.2, 0.25) is 20.1 Å². The first-order chi connectivity index (χ1) is 12.4. The van der Waals surface area contributed by atoms with Gasteiger partial charge in [-0.2, -0.15) is 0 Å². The Morgan fingerprint density at radius 2 is 1.69 bits per heavy atom. The van der Waals surface area contributed by atoms with E-state index in [1.807, 2.05) is 12.1 Å². The summed E-state index contributed by atoms with van der Waals surface area (Å²) in [5, 5.41) is 4.93. The molecule has 0 aliphatic carbocycles. The number of anilines is 1. The highest BCUT2D eigenvalue weighted by Gasteiger charge is 2.26. The summed E-state index contributed by atoms with van der Waals surface area (Å²) in [4.78, 5) is 14.9. The van der Waals surface area contributed by atoms with Crippen molar-refractivity contribution in [1.82, 2.24) is 4.90 Å². The summed E-state index contributed by atoms with van der Waals surface area (Å²) in [6, 6.07) is 10.7. The van der Waals surface area contributed by atoms with Gasteiger partial charge >= 0.3 is 0 Å². The monoisotopic (exact) mass is 430 g/mol. The van der Waals surface area contributed by atoms with E-state index in [0.29, 0.717) is 32.3 Å². The van der Waals surface area contributed by atoms with E-state index >= 15 is 0 Å². The molecule has 1 aliphatic heterocycles. The van der Waals surface area contributed by atoms with Gasteiger partial charge in [0, 0.05) is 18.8 Å². The number of carbonyl (C=O) groups is 1. The van der Waals surface area contributed by atoms with Crippen LogP contribution in [-0.2, 0) is 11.3 Å². The zero-order valence-electron chi connectivity index (χ0n) is 13.9. The number of nitrogens with one attached hydrogen (secondary N) is 1. The van der Waals surface area contributed by atoms with Crippen LogP contribution in [0.15, 0.2) is 36.4 Å². The number of benzene rings is 2. The molecule has 2 aromatic rings. The van der Waals surface area contributed by atoms with E-state index in [9.17, 15) is 4.79 Å². The van der Waals surface area contributed by atoms with Crippen molar-refractivity contribution >= 4 is 58.0 Å². The summed E-state index contributed by atoms with van der Waals surface area (Å²) in [6.45, 7) is 2.40. The lowest BCUT2D eigenvalue weighted by atomic mass is 9.96. The number of nitrogens with zero attached hydrogens (tertiary/aromatic N) is 1. The van der Waals surface area contributed by atoms with Crippen LogP contribution in [0, 0.1) is 5.92 Å². The second-order valence-electron chi connectivity index (χ2n) is 6.44. The van der Waals surface area contributed by atoms with E-state index < -0.39 is 0 Å². The van der Waals surface area contributed by atoms with Gasteiger partial charge in [0.2, 0.25) is 5.91 Å². The Morgan fingerprint density at radius 3 is 2.38 bits per heavy atom. The fraction of sp³-hybridized carbons (Fsp3) is 0.316. The second-order valence-corrected chi connectivity index (χ2v) is 8.07. The predicted molar refractivity (Wildman–Crippen MR) is 110 cm³/mol. The minimum absolute atomic E-state index is 0.00206. The minimum Gasteiger partial charge on any atom is -0.326 e. The van der Waals surface area contributed by atoms with E-state index in [2.05, 4.69) is 10.2 Å². The van der Waals surface area contributed by atoms with Crippen LogP contribution < -0.4 is 5.32 Å². The lowest BCUT2D eigenvalue weighted by molar-refractivity contribution is -0.121. The molecular formula is C19H18Cl4N2O. The summed E-state index contributed by atoms with van der Waals surface area (Å²) in [5.74, 6) is -0.0665. The third-order valence-corrected chi connectivity index (χ3v) is 5.93. The zero-order chi connectivity index (χ0) is 18.7. The standard InChI is InChI=1S/C19H18Cl4N2O/c20-15-5-3-12(8-17(15)22)10-25-7-1-2-13(11-25)19(26)24-14-4-6-16(21)18(23)9-14/h3-6,8-9,13H,1-2,7,10-11H2,(H,24,26). The number of piperidine rings is 1. The Hall–Kier alpha value is -0.970. The van der Waals surface area contributed by atoms with Crippen LogP contribution in [0.4, 0.5) is 5.69 Å². The number of hydrogen-bond donors (Lipinski definition) is 1. The lowest BCUT2D eigenvalue weighted by Crippen LogP contribution is -2.40. The summed E-state index contributed by atoms with van der Waals surface area (Å²) in [6.07, 6.45) is 1.84. The summed E-state index contributed by atoms with van der Waals surface area (Å²) in [7, 11) is 0. The lowest BCUT2D eigenvalue weighted by Gasteiger charge is -2.32. The highest BCUT2D eigenvalue weighted by Crippen LogP contribution is 2.27. The maximum Gasteiger partial charge on any atom is 0.228 e. The Balaban J connectivity index is 1.61. The molecule has 1 N–H and O–H groups in total. The van der Waals surface area contributed by atoms with Crippen molar-refractivity contribution in [3.05, 3.63) is 62.1 Å².